The van der Waals surface area contributed by atoms with E-state index in [0.717, 1.165) is 49.9 Å². The Morgan fingerprint density at radius 1 is 1.00 bits per heavy atom. The van der Waals surface area contributed by atoms with Crippen LogP contribution in [0.25, 0.3) is 0 Å². The predicted octanol–water partition coefficient (Wildman–Crippen LogP) is 5.73. The quantitative estimate of drug-likeness (QED) is 0.159. The molecule has 0 heterocycles. The van der Waals surface area contributed by atoms with E-state index in [4.69, 9.17) is 0 Å². The van der Waals surface area contributed by atoms with Gasteiger partial charge in [0.15, 0.2) is 7.85 Å². The number of rotatable bonds is 14. The number of nitrogens with one attached hydrogen (secondary N) is 1. The highest BCUT2D eigenvalue weighted by atomic mass is 31.1. The third kappa shape index (κ3) is 10.2. The minimum absolute atomic E-state index is 0.292. The van der Waals surface area contributed by atoms with Crippen LogP contribution >= 0.6 is 27.7 Å². The van der Waals surface area contributed by atoms with Crippen molar-refractivity contribution in [3.63, 3.8) is 0 Å². The summed E-state index contributed by atoms with van der Waals surface area (Å²) in [7, 11) is 9.11. The molecule has 0 aliphatic heterocycles. The molecule has 0 spiro atoms. The molecule has 5 atom stereocenters. The molecule has 0 saturated carbocycles. The van der Waals surface area contributed by atoms with E-state index in [2.05, 4.69) is 46.2 Å². The maximum absolute atomic E-state index is 15.1. The molecule has 0 bridgehead atoms. The molecule has 0 fully saturated rings. The Hall–Kier alpha value is 0.495. The Morgan fingerprint density at radius 3 is 2.04 bits per heavy atom. The Kier molecular flexibility index (Phi) is 11.2. The van der Waals surface area contributed by atoms with Crippen LogP contribution in [0.15, 0.2) is 24.4 Å². The third-order valence-corrected chi connectivity index (χ3v) is 8.77. The fraction of sp³-hybridized carbons (Fsp3) is 0.800. The van der Waals surface area contributed by atoms with Crippen molar-refractivity contribution in [1.29, 1.82) is 0 Å². The predicted molar refractivity (Wildman–Crippen MR) is 132 cm³/mol. The standard InChI is InChI=1S/C20H41BF2NP3/c1-15(2)11-13-24-16(3)10-8-7-9-12-19(23,25)14-17(4,5)20(26,27)18(6,21)22/h24H,1,3,7-14,21,25-27H2,2,4-6H3. The zero-order valence-electron chi connectivity index (χ0n) is 18.1. The van der Waals surface area contributed by atoms with Crippen LogP contribution < -0.4 is 5.32 Å². The molecule has 0 radical (unpaired) electrons. The molecular formula is C20H41BF2NP3. The van der Waals surface area contributed by atoms with Crippen molar-refractivity contribution in [2.45, 2.75) is 88.5 Å². The largest absolute Gasteiger partial charge is 0.388 e. The highest BCUT2D eigenvalue weighted by Crippen LogP contribution is 2.56. The van der Waals surface area contributed by atoms with E-state index >= 15 is 4.39 Å². The third-order valence-electron chi connectivity index (χ3n) is 5.34. The van der Waals surface area contributed by atoms with Crippen LogP contribution in [0, 0.1) is 5.41 Å². The van der Waals surface area contributed by atoms with Crippen LogP contribution in [-0.2, 0) is 0 Å². The maximum Gasteiger partial charge on any atom is 0.151 e. The Labute approximate surface area is 174 Å². The molecule has 0 saturated heterocycles. The van der Waals surface area contributed by atoms with Gasteiger partial charge in [0.1, 0.15) is 5.41 Å². The molecule has 0 aliphatic rings. The number of allylic oxidation sites excluding steroid dienone is 1. The molecule has 0 amide bonds. The number of hydrogen-bond donors (Lipinski definition) is 1. The van der Waals surface area contributed by atoms with E-state index in [0.29, 0.717) is 12.8 Å². The van der Waals surface area contributed by atoms with E-state index in [9.17, 15) is 4.39 Å². The van der Waals surface area contributed by atoms with E-state index < -0.39 is 21.3 Å². The van der Waals surface area contributed by atoms with Gasteiger partial charge in [0.2, 0.25) is 0 Å². The molecule has 5 unspecified atom stereocenters. The van der Waals surface area contributed by atoms with Crippen molar-refractivity contribution in [3.05, 3.63) is 24.4 Å². The second-order valence-corrected chi connectivity index (χ2v) is 12.8. The van der Waals surface area contributed by atoms with Crippen LogP contribution in [0.1, 0.15) is 72.6 Å². The lowest BCUT2D eigenvalue weighted by Gasteiger charge is -2.49. The average Bonchev–Trinajstić information content (AvgIpc) is 2.43. The first kappa shape index (κ1) is 27.5. The number of hydrogen-bond acceptors (Lipinski definition) is 1. The molecule has 0 aromatic heterocycles. The molecule has 0 aliphatic carbocycles. The van der Waals surface area contributed by atoms with Crippen LogP contribution in [0.3, 0.4) is 0 Å². The molecule has 1 N–H and O–H groups in total. The van der Waals surface area contributed by atoms with Crippen LogP contribution in [0.4, 0.5) is 8.78 Å². The lowest BCUT2D eigenvalue weighted by atomic mass is 9.68. The molecule has 1 nitrogen and oxygen atoms in total. The average molecular weight is 437 g/mol. The smallest absolute Gasteiger partial charge is 0.151 e. The normalized spacial score (nSPS) is 17.1. The van der Waals surface area contributed by atoms with Crippen molar-refractivity contribution < 1.29 is 8.78 Å². The Bertz CT molecular complexity index is 500. The topological polar surface area (TPSA) is 12.0 Å². The van der Waals surface area contributed by atoms with Gasteiger partial charge in [-0.15, -0.1) is 25.1 Å². The fourth-order valence-electron chi connectivity index (χ4n) is 3.25. The first-order chi connectivity index (χ1) is 12.0. The summed E-state index contributed by atoms with van der Waals surface area (Å²) in [5.74, 6) is 0. The molecule has 0 aromatic carbocycles. The first-order valence-corrected chi connectivity index (χ1v) is 11.6. The van der Waals surface area contributed by atoms with Crippen molar-refractivity contribution in [2.75, 3.05) is 6.54 Å². The van der Waals surface area contributed by atoms with Gasteiger partial charge in [-0.3, -0.25) is 4.39 Å². The minimum atomic E-state index is -1.44. The molecule has 0 rings (SSSR count). The Morgan fingerprint density at radius 2 is 1.56 bits per heavy atom. The van der Waals surface area contributed by atoms with Crippen molar-refractivity contribution in [2.24, 2.45) is 5.41 Å². The summed E-state index contributed by atoms with van der Waals surface area (Å²) in [4.78, 5) is -0.791. The maximum atomic E-state index is 15.1. The monoisotopic (exact) mass is 437 g/mol. The second-order valence-electron chi connectivity index (χ2n) is 9.23. The van der Waals surface area contributed by atoms with Gasteiger partial charge in [-0.1, -0.05) is 41.7 Å². The van der Waals surface area contributed by atoms with Crippen LogP contribution in [0.5, 0.6) is 0 Å². The van der Waals surface area contributed by atoms with Gasteiger partial charge in [-0.2, -0.15) is 0 Å². The second kappa shape index (κ2) is 11.0. The van der Waals surface area contributed by atoms with Gasteiger partial charge >= 0.3 is 0 Å². The van der Waals surface area contributed by atoms with E-state index in [1.54, 1.807) is 14.8 Å². The molecule has 27 heavy (non-hydrogen) atoms. The molecular weight excluding hydrogens is 396 g/mol. The van der Waals surface area contributed by atoms with Gasteiger partial charge in [0.25, 0.3) is 0 Å². The summed E-state index contributed by atoms with van der Waals surface area (Å²) < 4.78 is 29.7. The van der Waals surface area contributed by atoms with E-state index in [-0.39, 0.29) is 0 Å². The summed E-state index contributed by atoms with van der Waals surface area (Å²) in [6.45, 7) is 16.2. The zero-order chi connectivity index (χ0) is 21.5. The zero-order valence-corrected chi connectivity index (χ0v) is 21.5. The highest BCUT2D eigenvalue weighted by molar-refractivity contribution is 7.40. The van der Waals surface area contributed by atoms with Crippen molar-refractivity contribution in [1.82, 2.24) is 5.32 Å². The van der Waals surface area contributed by atoms with Crippen LogP contribution in [-0.4, -0.2) is 30.3 Å². The number of alkyl halides is 2. The van der Waals surface area contributed by atoms with Crippen LogP contribution in [0.2, 0.25) is 0 Å². The summed E-state index contributed by atoms with van der Waals surface area (Å²) in [6, 6.07) is 0. The highest BCUT2D eigenvalue weighted by Gasteiger charge is 2.51. The fourth-order valence-corrected chi connectivity index (χ4v) is 4.17. The minimum Gasteiger partial charge on any atom is -0.388 e. The molecule has 7 heteroatoms. The summed E-state index contributed by atoms with van der Waals surface area (Å²) in [5, 5.41) is 1.92. The number of halogens is 2. The van der Waals surface area contributed by atoms with Crippen molar-refractivity contribution >= 4 is 35.6 Å². The number of unbranched alkanes of at least 4 members (excludes halogenated alkanes) is 2. The van der Waals surface area contributed by atoms with Gasteiger partial charge in [-0.05, 0) is 57.8 Å². The summed E-state index contributed by atoms with van der Waals surface area (Å²) in [6.07, 6.45) is 5.40. The van der Waals surface area contributed by atoms with Gasteiger partial charge in [0.05, 0.1) is 5.57 Å². The summed E-state index contributed by atoms with van der Waals surface area (Å²) >= 11 is 0. The van der Waals surface area contributed by atoms with Gasteiger partial charge in [-0.25, -0.2) is 4.39 Å². The lowest BCUT2D eigenvalue weighted by Crippen LogP contribution is -2.51. The Balaban J connectivity index is 4.31. The van der Waals surface area contributed by atoms with Gasteiger partial charge < -0.3 is 5.32 Å². The molecule has 158 valence electrons. The first-order valence-electron chi connectivity index (χ1n) is 9.82. The summed E-state index contributed by atoms with van der Waals surface area (Å²) in [5.41, 5.74) is 0.229. The van der Waals surface area contributed by atoms with Gasteiger partial charge in [0, 0.05) is 17.1 Å². The lowest BCUT2D eigenvalue weighted by molar-refractivity contribution is 0.110. The molecule has 0 aromatic rings. The van der Waals surface area contributed by atoms with Crippen molar-refractivity contribution in [3.8, 4) is 0 Å². The SMILES string of the molecule is BC(C)(F)C(P)(P)C(C)(C)CC(F)(P)CCCCCC(=C)NCCC(=C)C. The van der Waals surface area contributed by atoms with E-state index in [1.807, 2.05) is 20.8 Å². The van der Waals surface area contributed by atoms with E-state index in [1.165, 1.54) is 0 Å².